The van der Waals surface area contributed by atoms with Crippen LogP contribution >= 0.6 is 0 Å². The Morgan fingerprint density at radius 3 is 2.35 bits per heavy atom. The molecule has 1 saturated heterocycles. The summed E-state index contributed by atoms with van der Waals surface area (Å²) >= 11 is 0. The molecule has 0 unspecified atom stereocenters. The molecule has 1 aromatic rings. The summed E-state index contributed by atoms with van der Waals surface area (Å²) < 4.78 is 5.67. The van der Waals surface area contributed by atoms with Crippen LogP contribution in [0.1, 0.15) is 44.6 Å². The van der Waals surface area contributed by atoms with Gasteiger partial charge in [0.25, 0.3) is 0 Å². The van der Waals surface area contributed by atoms with Gasteiger partial charge in [-0.15, -0.1) is 0 Å². The number of piperidine rings is 1. The lowest BCUT2D eigenvalue weighted by Crippen LogP contribution is -2.38. The minimum atomic E-state index is -0.405. The van der Waals surface area contributed by atoms with E-state index < -0.39 is 6.10 Å². The fourth-order valence-electron chi connectivity index (χ4n) is 2.63. The van der Waals surface area contributed by atoms with Crippen LogP contribution in [-0.4, -0.2) is 42.4 Å². The van der Waals surface area contributed by atoms with Gasteiger partial charge in [-0.2, -0.15) is 0 Å². The molecule has 0 amide bonds. The zero-order valence-corrected chi connectivity index (χ0v) is 12.7. The van der Waals surface area contributed by atoms with Gasteiger partial charge >= 0.3 is 0 Å². The maximum atomic E-state index is 10.0. The van der Waals surface area contributed by atoms with Crippen LogP contribution in [0, 0.1) is 0 Å². The molecule has 2 rings (SSSR count). The average Bonchev–Trinajstić information content (AvgIpc) is 2.46. The molecule has 112 valence electrons. The predicted molar refractivity (Wildman–Crippen MR) is 82.3 cm³/mol. The molecule has 0 bridgehead atoms. The molecule has 3 heteroatoms. The predicted octanol–water partition coefficient (Wildman–Crippen LogP) is 3.04. The Morgan fingerprint density at radius 1 is 1.10 bits per heavy atom. The molecule has 1 N–H and O–H groups in total. The van der Waals surface area contributed by atoms with Crippen molar-refractivity contribution in [3.63, 3.8) is 0 Å². The lowest BCUT2D eigenvalue weighted by molar-refractivity contribution is 0.0617. The second-order valence-corrected chi connectivity index (χ2v) is 6.05. The van der Waals surface area contributed by atoms with Crippen molar-refractivity contribution >= 4 is 0 Å². The highest BCUT2D eigenvalue weighted by molar-refractivity contribution is 5.28. The third-order valence-corrected chi connectivity index (χ3v) is 3.91. The van der Waals surface area contributed by atoms with E-state index in [1.165, 1.54) is 24.8 Å². The molecule has 0 radical (unpaired) electrons. The molecule has 0 aromatic heterocycles. The second-order valence-electron chi connectivity index (χ2n) is 6.05. The van der Waals surface area contributed by atoms with Gasteiger partial charge in [-0.05, 0) is 49.5 Å². The summed E-state index contributed by atoms with van der Waals surface area (Å²) in [5, 5.41) is 10.0. The van der Waals surface area contributed by atoms with E-state index in [0.717, 1.165) is 25.4 Å². The van der Waals surface area contributed by atoms with Gasteiger partial charge in [0.15, 0.2) is 0 Å². The second kappa shape index (κ2) is 7.65. The Balaban J connectivity index is 1.73. The fourth-order valence-corrected chi connectivity index (χ4v) is 2.63. The number of β-amino-alcohol motifs (C(OH)–C–C–N with tert-alkyl or cyclic N) is 1. The van der Waals surface area contributed by atoms with E-state index in [1.807, 2.05) is 12.1 Å². The number of ether oxygens (including phenoxy) is 1. The molecule has 0 spiro atoms. The number of rotatable bonds is 6. The molecular weight excluding hydrogens is 250 g/mol. The first kappa shape index (κ1) is 15.3. The Labute approximate surface area is 122 Å². The molecule has 1 aromatic carbocycles. The Morgan fingerprint density at radius 2 is 1.75 bits per heavy atom. The van der Waals surface area contributed by atoms with Gasteiger partial charge in [-0.25, -0.2) is 0 Å². The number of hydrogen-bond acceptors (Lipinski definition) is 3. The van der Waals surface area contributed by atoms with Gasteiger partial charge < -0.3 is 14.7 Å². The van der Waals surface area contributed by atoms with E-state index in [1.54, 1.807) is 0 Å². The molecule has 20 heavy (non-hydrogen) atoms. The normalized spacial score (nSPS) is 18.2. The monoisotopic (exact) mass is 277 g/mol. The molecule has 3 nitrogen and oxygen atoms in total. The molecule has 0 saturated carbocycles. The third kappa shape index (κ3) is 4.80. The van der Waals surface area contributed by atoms with Crippen molar-refractivity contribution in [3.8, 4) is 5.75 Å². The van der Waals surface area contributed by atoms with Crippen LogP contribution in [0.3, 0.4) is 0 Å². The number of nitrogens with zero attached hydrogens (tertiary/aromatic N) is 1. The van der Waals surface area contributed by atoms with Crippen LogP contribution in [0.15, 0.2) is 24.3 Å². The molecular formula is C17H27NO2. The van der Waals surface area contributed by atoms with E-state index >= 15 is 0 Å². The summed E-state index contributed by atoms with van der Waals surface area (Å²) in [4.78, 5) is 2.33. The lowest BCUT2D eigenvalue weighted by Gasteiger charge is -2.28. The Bertz CT molecular complexity index is 382. The van der Waals surface area contributed by atoms with Crippen molar-refractivity contribution < 1.29 is 9.84 Å². The van der Waals surface area contributed by atoms with E-state index in [-0.39, 0.29) is 0 Å². The average molecular weight is 277 g/mol. The first-order valence-corrected chi connectivity index (χ1v) is 7.78. The van der Waals surface area contributed by atoms with Crippen molar-refractivity contribution in [1.29, 1.82) is 0 Å². The smallest absolute Gasteiger partial charge is 0.119 e. The van der Waals surface area contributed by atoms with Gasteiger partial charge in [0.1, 0.15) is 18.5 Å². The van der Waals surface area contributed by atoms with Crippen LogP contribution in [0.5, 0.6) is 5.75 Å². The molecule has 1 aliphatic heterocycles. The van der Waals surface area contributed by atoms with Crippen molar-refractivity contribution in [3.05, 3.63) is 29.8 Å². The van der Waals surface area contributed by atoms with Crippen molar-refractivity contribution in [1.82, 2.24) is 4.90 Å². The number of likely N-dealkylation sites (tertiary alicyclic amines) is 1. The van der Waals surface area contributed by atoms with Crippen LogP contribution in [-0.2, 0) is 0 Å². The maximum absolute atomic E-state index is 10.0. The van der Waals surface area contributed by atoms with Crippen LogP contribution in [0.4, 0.5) is 0 Å². The largest absolute Gasteiger partial charge is 0.491 e. The van der Waals surface area contributed by atoms with Gasteiger partial charge in [-0.3, -0.25) is 0 Å². The summed E-state index contributed by atoms with van der Waals surface area (Å²) in [6.07, 6.45) is 3.43. The van der Waals surface area contributed by atoms with E-state index in [9.17, 15) is 5.11 Å². The minimum absolute atomic E-state index is 0.373. The van der Waals surface area contributed by atoms with E-state index in [4.69, 9.17) is 4.74 Å². The van der Waals surface area contributed by atoms with E-state index in [2.05, 4.69) is 30.9 Å². The van der Waals surface area contributed by atoms with Crippen LogP contribution in [0.2, 0.25) is 0 Å². The first-order valence-electron chi connectivity index (χ1n) is 7.78. The SMILES string of the molecule is CC(C)c1ccc(OC[C@@H](O)CN2CCCCC2)cc1. The topological polar surface area (TPSA) is 32.7 Å². The molecule has 1 fully saturated rings. The highest BCUT2D eigenvalue weighted by atomic mass is 16.5. The van der Waals surface area contributed by atoms with Gasteiger partial charge in [0, 0.05) is 6.54 Å². The van der Waals surface area contributed by atoms with Gasteiger partial charge in [0.2, 0.25) is 0 Å². The Kier molecular flexibility index (Phi) is 5.86. The molecule has 0 aliphatic carbocycles. The summed E-state index contributed by atoms with van der Waals surface area (Å²) in [6, 6.07) is 8.17. The van der Waals surface area contributed by atoms with E-state index in [0.29, 0.717) is 12.5 Å². The van der Waals surface area contributed by atoms with Gasteiger partial charge in [-0.1, -0.05) is 32.4 Å². The minimum Gasteiger partial charge on any atom is -0.491 e. The summed E-state index contributed by atoms with van der Waals surface area (Å²) in [5.41, 5.74) is 1.31. The third-order valence-electron chi connectivity index (χ3n) is 3.91. The van der Waals surface area contributed by atoms with Crippen LogP contribution < -0.4 is 4.74 Å². The highest BCUT2D eigenvalue weighted by Crippen LogP contribution is 2.18. The van der Waals surface area contributed by atoms with Gasteiger partial charge in [0.05, 0.1) is 0 Å². The number of aliphatic hydroxyl groups is 1. The summed E-state index contributed by atoms with van der Waals surface area (Å²) in [7, 11) is 0. The first-order chi connectivity index (χ1) is 9.65. The molecule has 1 heterocycles. The van der Waals surface area contributed by atoms with Crippen molar-refractivity contribution in [2.75, 3.05) is 26.2 Å². The van der Waals surface area contributed by atoms with Crippen LogP contribution in [0.25, 0.3) is 0 Å². The quantitative estimate of drug-likeness (QED) is 0.867. The fraction of sp³-hybridized carbons (Fsp3) is 0.647. The summed E-state index contributed by atoms with van der Waals surface area (Å²) in [6.45, 7) is 7.68. The standard InChI is InChI=1S/C17H27NO2/c1-14(2)15-6-8-17(9-7-15)20-13-16(19)12-18-10-4-3-5-11-18/h6-9,14,16,19H,3-5,10-13H2,1-2H3/t16-/m0/s1. The zero-order chi connectivity index (χ0) is 14.4. The summed E-state index contributed by atoms with van der Waals surface area (Å²) in [5.74, 6) is 1.38. The van der Waals surface area contributed by atoms with Crippen molar-refractivity contribution in [2.24, 2.45) is 0 Å². The van der Waals surface area contributed by atoms with Crippen molar-refractivity contribution in [2.45, 2.75) is 45.1 Å². The lowest BCUT2D eigenvalue weighted by atomic mass is 10.0. The zero-order valence-electron chi connectivity index (χ0n) is 12.7. The molecule has 1 aliphatic rings. The molecule has 1 atom stereocenters. The maximum Gasteiger partial charge on any atom is 0.119 e. The number of aliphatic hydroxyl groups excluding tert-OH is 1. The number of benzene rings is 1. The Hall–Kier alpha value is -1.06. The highest BCUT2D eigenvalue weighted by Gasteiger charge is 2.14. The number of hydrogen-bond donors (Lipinski definition) is 1.